The number of hydrogen-bond donors (Lipinski definition) is 1. The van der Waals surface area contributed by atoms with Crippen molar-refractivity contribution >= 4 is 5.91 Å². The van der Waals surface area contributed by atoms with Crippen LogP contribution in [0.1, 0.15) is 35.9 Å². The molecular weight excluding hydrogens is 304 g/mol. The summed E-state index contributed by atoms with van der Waals surface area (Å²) >= 11 is 0. The lowest BCUT2D eigenvalue weighted by Crippen LogP contribution is -2.41. The Morgan fingerprint density at radius 2 is 2.12 bits per heavy atom. The Hall–Kier alpha value is -2.15. The van der Waals surface area contributed by atoms with E-state index in [4.69, 9.17) is 0 Å². The second-order valence-corrected chi connectivity index (χ2v) is 7.18. The van der Waals surface area contributed by atoms with Crippen LogP contribution >= 0.6 is 0 Å². The topological polar surface area (TPSA) is 68.0 Å². The van der Waals surface area contributed by atoms with Gasteiger partial charge in [0.25, 0.3) is 0 Å². The maximum absolute atomic E-state index is 12.5. The van der Waals surface area contributed by atoms with Gasteiger partial charge in [-0.2, -0.15) is 5.10 Å². The van der Waals surface area contributed by atoms with E-state index in [1.807, 2.05) is 36.5 Å². The monoisotopic (exact) mass is 328 g/mol. The Labute approximate surface area is 141 Å². The van der Waals surface area contributed by atoms with Crippen molar-refractivity contribution in [3.63, 3.8) is 0 Å². The van der Waals surface area contributed by atoms with Crippen LogP contribution in [0.3, 0.4) is 0 Å². The maximum Gasteiger partial charge on any atom is 0.242 e. The van der Waals surface area contributed by atoms with Crippen LogP contribution in [0.15, 0.2) is 24.9 Å². The zero-order valence-corrected chi connectivity index (χ0v) is 14.2. The number of likely N-dealkylation sites (tertiary alicyclic amines) is 1. The molecule has 4 rings (SSSR count). The number of imidazole rings is 1. The molecule has 1 saturated carbocycles. The van der Waals surface area contributed by atoms with Gasteiger partial charge in [0.15, 0.2) is 0 Å². The largest absolute Gasteiger partial charge is 0.350 e. The molecule has 2 aromatic heterocycles. The highest BCUT2D eigenvalue weighted by Crippen LogP contribution is 2.39. The highest BCUT2D eigenvalue weighted by Gasteiger charge is 2.34. The van der Waals surface area contributed by atoms with Crippen molar-refractivity contribution in [2.75, 3.05) is 20.1 Å². The molecule has 0 bridgehead atoms. The number of nitrogens with one attached hydrogen (secondary N) is 1. The molecule has 2 aliphatic rings. The highest BCUT2D eigenvalue weighted by atomic mass is 16.2. The third-order valence-corrected chi connectivity index (χ3v) is 5.09. The molecule has 1 aliphatic heterocycles. The molecule has 1 saturated heterocycles. The number of carbonyl (C=O) groups is 1. The fourth-order valence-electron chi connectivity index (χ4n) is 3.66. The molecule has 2 atom stereocenters. The lowest BCUT2D eigenvalue weighted by Gasteiger charge is -2.20. The summed E-state index contributed by atoms with van der Waals surface area (Å²) < 4.78 is 3.79. The number of carbonyl (C=O) groups excluding carboxylic acids is 1. The number of hydrogen-bond acceptors (Lipinski definition) is 4. The van der Waals surface area contributed by atoms with Crippen LogP contribution < -0.4 is 5.32 Å². The molecule has 7 nitrogen and oxygen atoms in total. The molecule has 7 heteroatoms. The minimum Gasteiger partial charge on any atom is -0.350 e. The average molecular weight is 328 g/mol. The normalized spacial score (nSPS) is 24.4. The van der Waals surface area contributed by atoms with Crippen LogP contribution in [0.25, 0.3) is 0 Å². The summed E-state index contributed by atoms with van der Waals surface area (Å²) in [5, 5.41) is 7.52. The molecule has 1 aliphatic carbocycles. The summed E-state index contributed by atoms with van der Waals surface area (Å²) in [5.41, 5.74) is 2.43. The number of rotatable bonds is 5. The second kappa shape index (κ2) is 6.05. The van der Waals surface area contributed by atoms with E-state index in [0.29, 0.717) is 5.92 Å². The van der Waals surface area contributed by atoms with Crippen molar-refractivity contribution in [3.05, 3.63) is 36.2 Å². The van der Waals surface area contributed by atoms with E-state index in [2.05, 4.69) is 27.3 Å². The highest BCUT2D eigenvalue weighted by molar-refractivity contribution is 5.76. The number of likely N-dealkylation sites (N-methyl/N-ethyl adjacent to an activating group) is 1. The van der Waals surface area contributed by atoms with Gasteiger partial charge in [-0.15, -0.1) is 0 Å². The fourth-order valence-corrected chi connectivity index (χ4v) is 3.66. The number of nitrogens with zero attached hydrogens (tertiary/aromatic N) is 5. The fraction of sp³-hybridized carbons (Fsp3) is 0.588. The predicted octanol–water partition coefficient (Wildman–Crippen LogP) is 0.708. The first-order valence-corrected chi connectivity index (χ1v) is 8.56. The summed E-state index contributed by atoms with van der Waals surface area (Å²) in [6.45, 7) is 2.07. The summed E-state index contributed by atoms with van der Waals surface area (Å²) in [6, 6.07) is 0.108. The Kier molecular flexibility index (Phi) is 3.88. The predicted molar refractivity (Wildman–Crippen MR) is 89.6 cm³/mol. The maximum atomic E-state index is 12.5. The third-order valence-electron chi connectivity index (χ3n) is 5.09. The average Bonchev–Trinajstić information content (AvgIpc) is 2.96. The van der Waals surface area contributed by atoms with Gasteiger partial charge in [-0.05, 0) is 31.4 Å². The minimum absolute atomic E-state index is 0.0212. The van der Waals surface area contributed by atoms with Crippen molar-refractivity contribution in [2.24, 2.45) is 7.05 Å². The molecular formula is C17H24N6O. The summed E-state index contributed by atoms with van der Waals surface area (Å²) in [6.07, 6.45) is 10.1. The quantitative estimate of drug-likeness (QED) is 0.878. The van der Waals surface area contributed by atoms with E-state index in [1.54, 1.807) is 4.68 Å². The number of aromatic nitrogens is 4. The van der Waals surface area contributed by atoms with Gasteiger partial charge in [-0.3, -0.25) is 9.48 Å². The second-order valence-electron chi connectivity index (χ2n) is 7.18. The van der Waals surface area contributed by atoms with E-state index in [-0.39, 0.29) is 24.4 Å². The lowest BCUT2D eigenvalue weighted by molar-refractivity contribution is -0.122. The summed E-state index contributed by atoms with van der Waals surface area (Å²) in [5.74, 6) is 0.957. The minimum atomic E-state index is 0.0212. The van der Waals surface area contributed by atoms with E-state index >= 15 is 0 Å². The van der Waals surface area contributed by atoms with Gasteiger partial charge in [-0.1, -0.05) is 0 Å². The molecule has 2 aromatic rings. The molecule has 3 heterocycles. The van der Waals surface area contributed by atoms with Crippen molar-refractivity contribution in [1.82, 2.24) is 29.5 Å². The molecule has 0 spiro atoms. The Bertz CT molecular complexity index is 731. The number of aryl methyl sites for hydroxylation is 1. The van der Waals surface area contributed by atoms with Crippen LogP contribution in [0.4, 0.5) is 0 Å². The molecule has 128 valence electrons. The molecule has 1 N–H and O–H groups in total. The molecule has 0 radical (unpaired) electrons. The zero-order chi connectivity index (χ0) is 16.7. The van der Waals surface area contributed by atoms with Crippen molar-refractivity contribution < 1.29 is 4.79 Å². The molecule has 0 aromatic carbocycles. The standard InChI is InChI=1S/C17H24N6O/c1-21-8-14(16-6-18-11-22(16)2)15(9-21)20-17(24)10-23-7-13(5-19-23)12-3-4-12/h5-7,11-12,14-15H,3-4,8-10H2,1-2H3,(H,20,24)/t14-,15-/m1/s1. The Morgan fingerprint density at radius 3 is 2.83 bits per heavy atom. The van der Waals surface area contributed by atoms with Crippen LogP contribution in [0, 0.1) is 0 Å². The Balaban J connectivity index is 1.40. The first kappa shape index (κ1) is 15.4. The van der Waals surface area contributed by atoms with Gasteiger partial charge < -0.3 is 14.8 Å². The SMILES string of the molecule is CN1C[C@@H](NC(=O)Cn2cc(C3CC3)cn2)[C@H](c2cncn2C)C1. The Morgan fingerprint density at radius 1 is 1.29 bits per heavy atom. The molecule has 24 heavy (non-hydrogen) atoms. The summed E-state index contributed by atoms with van der Waals surface area (Å²) in [4.78, 5) is 18.9. The van der Waals surface area contributed by atoms with E-state index in [9.17, 15) is 4.79 Å². The van der Waals surface area contributed by atoms with Crippen LogP contribution in [-0.2, 0) is 18.4 Å². The molecule has 1 amide bonds. The van der Waals surface area contributed by atoms with Gasteiger partial charge in [0.05, 0.1) is 18.6 Å². The zero-order valence-electron chi connectivity index (χ0n) is 14.2. The van der Waals surface area contributed by atoms with Crippen molar-refractivity contribution in [2.45, 2.75) is 37.3 Å². The van der Waals surface area contributed by atoms with E-state index in [0.717, 1.165) is 13.1 Å². The van der Waals surface area contributed by atoms with Crippen molar-refractivity contribution in [3.8, 4) is 0 Å². The third kappa shape index (κ3) is 3.08. The van der Waals surface area contributed by atoms with E-state index in [1.165, 1.54) is 24.1 Å². The van der Waals surface area contributed by atoms with E-state index < -0.39 is 0 Å². The van der Waals surface area contributed by atoms with Gasteiger partial charge in [0.2, 0.25) is 5.91 Å². The molecule has 0 unspecified atom stereocenters. The van der Waals surface area contributed by atoms with Crippen molar-refractivity contribution in [1.29, 1.82) is 0 Å². The summed E-state index contributed by atoms with van der Waals surface area (Å²) in [7, 11) is 4.09. The van der Waals surface area contributed by atoms with Gasteiger partial charge in [0.1, 0.15) is 6.54 Å². The van der Waals surface area contributed by atoms with Gasteiger partial charge in [0, 0.05) is 44.1 Å². The van der Waals surface area contributed by atoms with Crippen LogP contribution in [0.2, 0.25) is 0 Å². The van der Waals surface area contributed by atoms with Crippen LogP contribution in [-0.4, -0.2) is 56.3 Å². The first-order chi connectivity index (χ1) is 11.6. The first-order valence-electron chi connectivity index (χ1n) is 8.56. The van der Waals surface area contributed by atoms with Gasteiger partial charge in [-0.25, -0.2) is 4.98 Å². The van der Waals surface area contributed by atoms with Gasteiger partial charge >= 0.3 is 0 Å². The number of amides is 1. The van der Waals surface area contributed by atoms with Crippen LogP contribution in [0.5, 0.6) is 0 Å². The lowest BCUT2D eigenvalue weighted by atomic mass is 10.00. The molecule has 2 fully saturated rings. The smallest absolute Gasteiger partial charge is 0.242 e.